The molecule has 1 atom stereocenters. The number of thiophene rings is 1. The predicted octanol–water partition coefficient (Wildman–Crippen LogP) is 7.34. The highest BCUT2D eigenvalue weighted by Crippen LogP contribution is 2.34. The fraction of sp³-hybridized carbons (Fsp3) is 0.333. The SMILES string of the molecule is O=C(NCC1CCN(Cc2cccc(C(F)(F)F)c2)C1)c1cc(-c2cccc(C(F)(F)F)c2)cs1.O=C(O)C(F)(F)F. The topological polar surface area (TPSA) is 69.6 Å². The molecule has 0 radical (unpaired) electrons. The van der Waals surface area contributed by atoms with Gasteiger partial charge >= 0.3 is 24.5 Å². The number of rotatable bonds is 6. The summed E-state index contributed by atoms with van der Waals surface area (Å²) in [6.45, 7) is 2.18. The first-order valence-electron chi connectivity index (χ1n) is 12.2. The van der Waals surface area contributed by atoms with E-state index in [0.29, 0.717) is 41.2 Å². The van der Waals surface area contributed by atoms with Gasteiger partial charge in [0.05, 0.1) is 16.0 Å². The van der Waals surface area contributed by atoms with Gasteiger partial charge in [-0.1, -0.05) is 30.3 Å². The number of carbonyl (C=O) groups is 2. The van der Waals surface area contributed by atoms with Crippen molar-refractivity contribution < 1.29 is 54.2 Å². The van der Waals surface area contributed by atoms with Crippen LogP contribution in [0.25, 0.3) is 11.1 Å². The number of halogens is 9. The molecule has 2 N–H and O–H groups in total. The number of carboxylic acid groups (broad SMARTS) is 1. The third-order valence-corrected chi connectivity index (χ3v) is 7.10. The fourth-order valence-electron chi connectivity index (χ4n) is 4.13. The van der Waals surface area contributed by atoms with Crippen LogP contribution in [0, 0.1) is 5.92 Å². The maximum atomic E-state index is 13.0. The van der Waals surface area contributed by atoms with Gasteiger partial charge in [-0.25, -0.2) is 4.79 Å². The number of amides is 1. The second kappa shape index (κ2) is 13.2. The van der Waals surface area contributed by atoms with E-state index in [1.165, 1.54) is 12.1 Å². The molecule has 15 heteroatoms. The second-order valence-electron chi connectivity index (χ2n) is 9.38. The van der Waals surface area contributed by atoms with Crippen LogP contribution in [0.5, 0.6) is 0 Å². The minimum absolute atomic E-state index is 0.160. The maximum absolute atomic E-state index is 13.0. The standard InChI is InChI=1S/C25H22F6N2OS.C2HF3O2/c26-24(27,28)20-5-1-3-16(9-20)13-33-8-7-17(14-33)12-32-23(34)22-11-19(15-35-22)18-4-2-6-21(10-18)25(29,30)31;3-2(4,5)1(6)7/h1-6,9-11,15,17H,7-8,12-14H2,(H,32,34);(H,6,7). The molecular formula is C27H23F9N2O3S. The summed E-state index contributed by atoms with van der Waals surface area (Å²) in [6.07, 6.45) is -13.1. The molecule has 0 bridgehead atoms. The molecule has 0 spiro atoms. The van der Waals surface area contributed by atoms with Crippen LogP contribution in [-0.2, 0) is 23.7 Å². The van der Waals surface area contributed by atoms with Gasteiger partial charge in [0.2, 0.25) is 0 Å². The summed E-state index contributed by atoms with van der Waals surface area (Å²) in [5.41, 5.74) is 0.0994. The Kier molecular flexibility index (Phi) is 10.3. The van der Waals surface area contributed by atoms with Crippen molar-refractivity contribution in [1.29, 1.82) is 0 Å². The summed E-state index contributed by atoms with van der Waals surface area (Å²) >= 11 is 1.16. The number of aliphatic carboxylic acids is 1. The van der Waals surface area contributed by atoms with Gasteiger partial charge < -0.3 is 10.4 Å². The van der Waals surface area contributed by atoms with Gasteiger partial charge in [-0.15, -0.1) is 11.3 Å². The van der Waals surface area contributed by atoms with Crippen LogP contribution in [0.1, 0.15) is 32.8 Å². The average Bonchev–Trinajstić information content (AvgIpc) is 3.57. The zero-order chi connectivity index (χ0) is 31.3. The molecule has 1 aromatic heterocycles. The summed E-state index contributed by atoms with van der Waals surface area (Å²) in [6, 6.07) is 11.8. The number of nitrogens with zero attached hydrogens (tertiary/aromatic N) is 1. The minimum atomic E-state index is -5.08. The second-order valence-corrected chi connectivity index (χ2v) is 10.3. The quantitative estimate of drug-likeness (QED) is 0.281. The molecule has 2 heterocycles. The Hall–Kier alpha value is -3.59. The van der Waals surface area contributed by atoms with Crippen LogP contribution >= 0.6 is 11.3 Å². The first-order chi connectivity index (χ1) is 19.4. The van der Waals surface area contributed by atoms with Gasteiger partial charge in [-0.2, -0.15) is 39.5 Å². The summed E-state index contributed by atoms with van der Waals surface area (Å²) < 4.78 is 109. The zero-order valence-corrected chi connectivity index (χ0v) is 22.2. The molecular weight excluding hydrogens is 603 g/mol. The maximum Gasteiger partial charge on any atom is 0.490 e. The molecule has 228 valence electrons. The predicted molar refractivity (Wildman–Crippen MR) is 136 cm³/mol. The van der Waals surface area contributed by atoms with Gasteiger partial charge in [0.15, 0.2) is 0 Å². The Morgan fingerprint density at radius 2 is 1.48 bits per heavy atom. The lowest BCUT2D eigenvalue weighted by atomic mass is 10.1. The summed E-state index contributed by atoms with van der Waals surface area (Å²) in [5, 5.41) is 11.6. The van der Waals surface area contributed by atoms with E-state index in [1.54, 1.807) is 23.6 Å². The molecule has 5 nitrogen and oxygen atoms in total. The molecule has 1 saturated heterocycles. The Bertz CT molecular complexity index is 1380. The number of benzene rings is 2. The van der Waals surface area contributed by atoms with Crippen molar-refractivity contribution in [2.24, 2.45) is 5.92 Å². The smallest absolute Gasteiger partial charge is 0.475 e. The zero-order valence-electron chi connectivity index (χ0n) is 21.4. The van der Waals surface area contributed by atoms with Crippen LogP contribution in [0.3, 0.4) is 0 Å². The van der Waals surface area contributed by atoms with Crippen molar-refractivity contribution in [2.45, 2.75) is 31.5 Å². The molecule has 2 aromatic carbocycles. The summed E-state index contributed by atoms with van der Waals surface area (Å²) in [7, 11) is 0. The summed E-state index contributed by atoms with van der Waals surface area (Å²) in [5.74, 6) is -2.90. The Morgan fingerprint density at radius 3 is 2.07 bits per heavy atom. The van der Waals surface area contributed by atoms with E-state index >= 15 is 0 Å². The van der Waals surface area contributed by atoms with Crippen molar-refractivity contribution >= 4 is 23.2 Å². The number of likely N-dealkylation sites (tertiary alicyclic amines) is 1. The number of nitrogens with one attached hydrogen (secondary N) is 1. The number of carbonyl (C=O) groups excluding carboxylic acids is 1. The molecule has 1 aliphatic heterocycles. The highest BCUT2D eigenvalue weighted by molar-refractivity contribution is 7.12. The van der Waals surface area contributed by atoms with Crippen molar-refractivity contribution in [3.63, 3.8) is 0 Å². The summed E-state index contributed by atoms with van der Waals surface area (Å²) in [4.78, 5) is 23.9. The van der Waals surface area contributed by atoms with E-state index in [0.717, 1.165) is 48.6 Å². The Balaban J connectivity index is 0.000000616. The molecule has 3 aromatic rings. The van der Waals surface area contributed by atoms with E-state index < -0.39 is 35.6 Å². The van der Waals surface area contributed by atoms with E-state index in [4.69, 9.17) is 9.90 Å². The highest BCUT2D eigenvalue weighted by atomic mass is 32.1. The molecule has 1 aliphatic rings. The van der Waals surface area contributed by atoms with Crippen molar-refractivity contribution in [1.82, 2.24) is 10.2 Å². The number of alkyl halides is 9. The largest absolute Gasteiger partial charge is 0.490 e. The molecule has 4 rings (SSSR count). The molecule has 0 saturated carbocycles. The first-order valence-corrected chi connectivity index (χ1v) is 13.0. The molecule has 1 fully saturated rings. The lowest BCUT2D eigenvalue weighted by molar-refractivity contribution is -0.192. The highest BCUT2D eigenvalue weighted by Gasteiger charge is 2.38. The Morgan fingerprint density at radius 1 is 0.881 bits per heavy atom. The molecule has 0 aliphatic carbocycles. The third-order valence-electron chi connectivity index (χ3n) is 6.17. The lowest BCUT2D eigenvalue weighted by Crippen LogP contribution is -2.30. The van der Waals surface area contributed by atoms with Crippen LogP contribution in [0.2, 0.25) is 0 Å². The molecule has 42 heavy (non-hydrogen) atoms. The van der Waals surface area contributed by atoms with Crippen molar-refractivity contribution in [2.75, 3.05) is 19.6 Å². The first kappa shape index (κ1) is 32.9. The average molecular weight is 627 g/mol. The number of carboxylic acids is 1. The van der Waals surface area contributed by atoms with Gasteiger partial charge in [0.1, 0.15) is 0 Å². The fourth-order valence-corrected chi connectivity index (χ4v) is 4.97. The minimum Gasteiger partial charge on any atom is -0.475 e. The lowest BCUT2D eigenvalue weighted by Gasteiger charge is -2.17. The van der Waals surface area contributed by atoms with Gasteiger partial charge in [0.25, 0.3) is 5.91 Å². The van der Waals surface area contributed by atoms with Crippen molar-refractivity contribution in [3.8, 4) is 11.1 Å². The van der Waals surface area contributed by atoms with E-state index in [1.807, 2.05) is 0 Å². The van der Waals surface area contributed by atoms with E-state index in [-0.39, 0.29) is 11.8 Å². The van der Waals surface area contributed by atoms with Gasteiger partial charge in [-0.05, 0) is 65.2 Å². The van der Waals surface area contributed by atoms with Gasteiger partial charge in [-0.3, -0.25) is 9.69 Å². The normalized spacial score (nSPS) is 16.1. The number of hydrogen-bond donors (Lipinski definition) is 2. The van der Waals surface area contributed by atoms with Crippen molar-refractivity contribution in [3.05, 3.63) is 81.5 Å². The Labute approximate surface area is 237 Å². The number of hydrogen-bond acceptors (Lipinski definition) is 4. The van der Waals surface area contributed by atoms with Crippen LogP contribution in [0.4, 0.5) is 39.5 Å². The monoisotopic (exact) mass is 626 g/mol. The third kappa shape index (κ3) is 9.48. The van der Waals surface area contributed by atoms with Crippen LogP contribution in [-0.4, -0.2) is 47.7 Å². The molecule has 1 amide bonds. The molecule has 1 unspecified atom stereocenters. The van der Waals surface area contributed by atoms with Gasteiger partial charge in [0, 0.05) is 19.6 Å². The van der Waals surface area contributed by atoms with Crippen LogP contribution < -0.4 is 5.32 Å². The van der Waals surface area contributed by atoms with E-state index in [2.05, 4.69) is 10.2 Å². The van der Waals surface area contributed by atoms with E-state index in [9.17, 15) is 44.3 Å². The van der Waals surface area contributed by atoms with Crippen LogP contribution in [0.15, 0.2) is 60.0 Å².